The van der Waals surface area contributed by atoms with E-state index in [1.807, 2.05) is 32.2 Å². The molecule has 1 saturated carbocycles. The van der Waals surface area contributed by atoms with E-state index in [9.17, 15) is 0 Å². The van der Waals surface area contributed by atoms with Crippen molar-refractivity contribution in [1.29, 1.82) is 0 Å². The van der Waals surface area contributed by atoms with Crippen molar-refractivity contribution in [3.63, 3.8) is 0 Å². The first-order valence-corrected chi connectivity index (χ1v) is 7.89. The highest BCUT2D eigenvalue weighted by atomic mass is 15.4. The molecule has 2 rings (SSSR count). The Morgan fingerprint density at radius 3 is 2.48 bits per heavy atom. The van der Waals surface area contributed by atoms with Crippen molar-refractivity contribution >= 4 is 5.70 Å². The normalized spacial score (nSPS) is 18.6. The summed E-state index contributed by atoms with van der Waals surface area (Å²) >= 11 is 0. The molecule has 4 heteroatoms. The molecule has 0 spiro atoms. The quantitative estimate of drug-likeness (QED) is 0.660. The summed E-state index contributed by atoms with van der Waals surface area (Å²) in [5.74, 6) is 6.13. The van der Waals surface area contributed by atoms with Crippen molar-refractivity contribution < 1.29 is 0 Å². The Kier molecular flexibility index (Phi) is 6.69. The van der Waals surface area contributed by atoms with Gasteiger partial charge in [-0.2, -0.15) is 0 Å². The minimum Gasteiger partial charge on any atom is -0.397 e. The van der Waals surface area contributed by atoms with Crippen LogP contribution in [0.2, 0.25) is 0 Å². The number of rotatable bonds is 3. The maximum Gasteiger partial charge on any atom is 0.0579 e. The van der Waals surface area contributed by atoms with Gasteiger partial charge in [0, 0.05) is 30.2 Å². The van der Waals surface area contributed by atoms with Crippen LogP contribution in [0.1, 0.15) is 58.9 Å². The zero-order chi connectivity index (χ0) is 15.9. The molecule has 0 aromatic carbocycles. The molecule has 0 atom stereocenters. The number of aromatic nitrogens is 1. The second kappa shape index (κ2) is 8.03. The highest BCUT2D eigenvalue weighted by molar-refractivity contribution is 5.61. The van der Waals surface area contributed by atoms with Crippen molar-refractivity contribution in [1.82, 2.24) is 9.99 Å². The van der Waals surface area contributed by atoms with E-state index < -0.39 is 0 Å². The second-order valence-electron chi connectivity index (χ2n) is 6.17. The summed E-state index contributed by atoms with van der Waals surface area (Å²) in [4.78, 5) is 4.06. The molecule has 1 aliphatic rings. The van der Waals surface area contributed by atoms with Gasteiger partial charge in [-0.1, -0.05) is 27.7 Å². The van der Waals surface area contributed by atoms with E-state index in [1.165, 1.54) is 12.8 Å². The van der Waals surface area contributed by atoms with Crippen LogP contribution in [-0.2, 0) is 0 Å². The van der Waals surface area contributed by atoms with Crippen molar-refractivity contribution in [3.05, 3.63) is 36.3 Å². The molecule has 0 amide bonds. The molecule has 4 nitrogen and oxygen atoms in total. The van der Waals surface area contributed by atoms with E-state index in [-0.39, 0.29) is 0 Å². The third-order valence-electron chi connectivity index (χ3n) is 4.01. The topological polar surface area (TPSA) is 68.2 Å². The fourth-order valence-corrected chi connectivity index (χ4v) is 2.56. The largest absolute Gasteiger partial charge is 0.397 e. The maximum atomic E-state index is 6.13. The number of pyridine rings is 1. The Balaban J connectivity index is 0.00000106. The summed E-state index contributed by atoms with van der Waals surface area (Å²) < 4.78 is 0. The summed E-state index contributed by atoms with van der Waals surface area (Å²) in [5, 5.41) is 1.78. The van der Waals surface area contributed by atoms with E-state index in [1.54, 1.807) is 17.4 Å². The zero-order valence-corrected chi connectivity index (χ0v) is 13.8. The molecule has 0 bridgehead atoms. The van der Waals surface area contributed by atoms with Gasteiger partial charge in [-0.05, 0) is 43.2 Å². The van der Waals surface area contributed by atoms with Gasteiger partial charge in [-0.15, -0.1) is 0 Å². The van der Waals surface area contributed by atoms with Gasteiger partial charge in [0.25, 0.3) is 0 Å². The van der Waals surface area contributed by atoms with E-state index in [0.29, 0.717) is 17.2 Å². The number of hydrogen-bond acceptors (Lipinski definition) is 4. The highest BCUT2D eigenvalue weighted by Gasteiger charge is 2.28. The fourth-order valence-electron chi connectivity index (χ4n) is 2.56. The van der Waals surface area contributed by atoms with Crippen LogP contribution in [0.15, 0.2) is 30.7 Å². The average Bonchev–Trinajstić information content (AvgIpc) is 2.50. The lowest BCUT2D eigenvalue weighted by Crippen LogP contribution is -2.41. The Labute approximate surface area is 129 Å². The molecule has 1 heterocycles. The van der Waals surface area contributed by atoms with Crippen molar-refractivity contribution in [2.45, 2.75) is 59.4 Å². The smallest absolute Gasteiger partial charge is 0.0579 e. The molecule has 1 aliphatic carbocycles. The minimum absolute atomic E-state index is 0.392. The first-order valence-electron chi connectivity index (χ1n) is 7.89. The number of hydrazine groups is 1. The minimum atomic E-state index is 0.392. The molecule has 118 valence electrons. The molecule has 0 aliphatic heterocycles. The van der Waals surface area contributed by atoms with Crippen LogP contribution in [0.5, 0.6) is 0 Å². The number of hydrogen-bond donors (Lipinski definition) is 2. The lowest BCUT2D eigenvalue weighted by Gasteiger charge is -2.37. The lowest BCUT2D eigenvalue weighted by atomic mass is 9.75. The van der Waals surface area contributed by atoms with Crippen LogP contribution in [0.3, 0.4) is 0 Å². The third-order valence-corrected chi connectivity index (χ3v) is 4.01. The molecule has 0 saturated heterocycles. The molecular formula is C17H30N4. The monoisotopic (exact) mass is 290 g/mol. The van der Waals surface area contributed by atoms with Gasteiger partial charge in [-0.25, -0.2) is 5.84 Å². The molecule has 1 aromatic rings. The van der Waals surface area contributed by atoms with Gasteiger partial charge < -0.3 is 10.7 Å². The number of nitrogens with zero attached hydrogens (tertiary/aromatic N) is 2. The van der Waals surface area contributed by atoms with Crippen LogP contribution >= 0.6 is 0 Å². The predicted octanol–water partition coefficient (Wildman–Crippen LogP) is 3.51. The van der Waals surface area contributed by atoms with Crippen molar-refractivity contribution in [2.75, 3.05) is 0 Å². The van der Waals surface area contributed by atoms with Crippen LogP contribution in [0.25, 0.3) is 5.70 Å². The summed E-state index contributed by atoms with van der Waals surface area (Å²) in [6, 6.07) is 4.21. The molecule has 0 unspecified atom stereocenters. The Morgan fingerprint density at radius 2 is 1.95 bits per heavy atom. The first kappa shape index (κ1) is 17.5. The maximum absolute atomic E-state index is 6.13. The third kappa shape index (κ3) is 5.38. The van der Waals surface area contributed by atoms with Gasteiger partial charge in [0.1, 0.15) is 0 Å². The first-order chi connectivity index (χ1) is 9.98. The number of nitrogens with two attached hydrogens (primary N) is 2. The van der Waals surface area contributed by atoms with Gasteiger partial charge in [0.05, 0.1) is 5.70 Å². The van der Waals surface area contributed by atoms with Crippen molar-refractivity contribution in [2.24, 2.45) is 17.0 Å². The molecule has 1 aromatic heterocycles. The molecular weight excluding hydrogens is 260 g/mol. The fraction of sp³-hybridized carbons (Fsp3) is 0.588. The second-order valence-corrected chi connectivity index (χ2v) is 6.17. The Bertz CT molecular complexity index is 429. The van der Waals surface area contributed by atoms with Crippen LogP contribution < -0.4 is 11.6 Å². The Morgan fingerprint density at radius 1 is 1.33 bits per heavy atom. The average molecular weight is 290 g/mol. The molecule has 21 heavy (non-hydrogen) atoms. The Hall–Kier alpha value is -1.55. The van der Waals surface area contributed by atoms with E-state index in [0.717, 1.165) is 18.4 Å². The van der Waals surface area contributed by atoms with E-state index in [2.05, 4.69) is 18.8 Å². The summed E-state index contributed by atoms with van der Waals surface area (Å²) in [6.45, 7) is 8.65. The predicted molar refractivity (Wildman–Crippen MR) is 89.8 cm³/mol. The van der Waals surface area contributed by atoms with Gasteiger partial charge >= 0.3 is 0 Å². The van der Waals surface area contributed by atoms with E-state index >= 15 is 0 Å². The SMILES string of the molecule is CC.CC1(C)CCC(N(N)/C=C(\N)c2cccnc2)CC1. The standard InChI is InChI=1S/C15H24N4.C2H6/c1-15(2)7-5-13(6-8-15)19(17)11-14(16)12-4-3-9-18-10-12;1-2/h3-4,9-11,13H,5-8,16-17H2,1-2H3;1-2H3/b14-11-;. The zero-order valence-electron chi connectivity index (χ0n) is 13.8. The van der Waals surface area contributed by atoms with E-state index in [4.69, 9.17) is 11.6 Å². The highest BCUT2D eigenvalue weighted by Crippen LogP contribution is 2.36. The van der Waals surface area contributed by atoms with Crippen molar-refractivity contribution in [3.8, 4) is 0 Å². The van der Waals surface area contributed by atoms with Crippen LogP contribution in [0, 0.1) is 5.41 Å². The lowest BCUT2D eigenvalue weighted by molar-refractivity contribution is 0.143. The molecule has 1 fully saturated rings. The summed E-state index contributed by atoms with van der Waals surface area (Å²) in [5.41, 5.74) is 8.09. The molecule has 4 N–H and O–H groups in total. The van der Waals surface area contributed by atoms with Gasteiger partial charge in [0.2, 0.25) is 0 Å². The van der Waals surface area contributed by atoms with Crippen LogP contribution in [-0.4, -0.2) is 16.0 Å². The summed E-state index contributed by atoms with van der Waals surface area (Å²) in [7, 11) is 0. The molecule has 0 radical (unpaired) electrons. The van der Waals surface area contributed by atoms with Crippen LogP contribution in [0.4, 0.5) is 0 Å². The summed E-state index contributed by atoms with van der Waals surface area (Å²) in [6.07, 6.45) is 10.0. The van der Waals surface area contributed by atoms with Gasteiger partial charge in [0.15, 0.2) is 0 Å². The van der Waals surface area contributed by atoms with Gasteiger partial charge in [-0.3, -0.25) is 4.98 Å².